The molecule has 1 aliphatic heterocycles. The molecule has 0 amide bonds. The Hall–Kier alpha value is -2.19. The molecule has 1 aromatic rings. The van der Waals surface area contributed by atoms with Crippen LogP contribution in [0.3, 0.4) is 0 Å². The van der Waals surface area contributed by atoms with Crippen molar-refractivity contribution in [3.05, 3.63) is 16.3 Å². The van der Waals surface area contributed by atoms with Gasteiger partial charge in [-0.15, -0.1) is 0 Å². The quantitative estimate of drug-likeness (QED) is 0.640. The van der Waals surface area contributed by atoms with Gasteiger partial charge in [0.25, 0.3) is 0 Å². The second kappa shape index (κ2) is 4.82. The molecule has 0 unspecified atom stereocenters. The Morgan fingerprint density at radius 3 is 2.21 bits per heavy atom. The molecule has 1 heterocycles. The van der Waals surface area contributed by atoms with Crippen molar-refractivity contribution < 1.29 is 28.9 Å². The van der Waals surface area contributed by atoms with E-state index in [0.717, 1.165) is 0 Å². The van der Waals surface area contributed by atoms with Gasteiger partial charge in [0.15, 0.2) is 11.5 Å². The number of benzene rings is 1. The van der Waals surface area contributed by atoms with Crippen LogP contribution in [0.15, 0.2) is 0 Å². The summed E-state index contributed by atoms with van der Waals surface area (Å²) in [4.78, 5) is 11.7. The number of nitrogens with zero attached hydrogens (tertiary/aromatic N) is 1. The highest BCUT2D eigenvalue weighted by atomic mass is 16.8. The number of carbonyl (C=O) groups is 1. The number of rotatable bonds is 4. The second-order valence-electron chi connectivity index (χ2n) is 3.65. The molecule has 1 aromatic carbocycles. The van der Waals surface area contributed by atoms with E-state index >= 15 is 0 Å². The van der Waals surface area contributed by atoms with Gasteiger partial charge < -0.3 is 29.4 Å². The zero-order chi connectivity index (χ0) is 14.2. The number of ether oxygens (including phenoxy) is 4. The van der Waals surface area contributed by atoms with Crippen molar-refractivity contribution >= 4 is 11.7 Å². The van der Waals surface area contributed by atoms with Crippen molar-refractivity contribution in [2.24, 2.45) is 0 Å². The molecule has 8 nitrogen and oxygen atoms in total. The van der Waals surface area contributed by atoms with E-state index in [1.54, 1.807) is 0 Å². The standard InChI is InChI=1S/C11H12NO7/c1-16-8-5-4-19-11(13)6(5)7(12(14)15)9(17-2)10(8)18-3/h14H,4H2,1-3H3/q-1. The Balaban J connectivity index is 2.87. The van der Waals surface area contributed by atoms with Crippen molar-refractivity contribution in [1.29, 1.82) is 0 Å². The summed E-state index contributed by atoms with van der Waals surface area (Å²) in [5.41, 5.74) is -0.125. The molecule has 0 radical (unpaired) electrons. The Morgan fingerprint density at radius 1 is 1.16 bits per heavy atom. The topological polar surface area (TPSA) is 101 Å². The highest BCUT2D eigenvalue weighted by molar-refractivity contribution is 6.03. The summed E-state index contributed by atoms with van der Waals surface area (Å²) in [6.45, 7) is -0.0709. The summed E-state index contributed by atoms with van der Waals surface area (Å²) in [5.74, 6) is -0.508. The van der Waals surface area contributed by atoms with E-state index in [4.69, 9.17) is 18.9 Å². The average Bonchev–Trinajstić information content (AvgIpc) is 2.77. The molecule has 2 rings (SSSR count). The third-order valence-corrected chi connectivity index (χ3v) is 2.80. The minimum atomic E-state index is -0.737. The maximum absolute atomic E-state index is 11.7. The first-order valence-corrected chi connectivity index (χ1v) is 5.24. The summed E-state index contributed by atoms with van der Waals surface area (Å²) in [7, 11) is 4.01. The van der Waals surface area contributed by atoms with Crippen LogP contribution in [0.2, 0.25) is 0 Å². The highest BCUT2D eigenvalue weighted by Gasteiger charge is 2.35. The van der Waals surface area contributed by atoms with Crippen LogP contribution in [-0.4, -0.2) is 32.5 Å². The lowest BCUT2D eigenvalue weighted by Crippen LogP contribution is -2.15. The molecule has 0 bridgehead atoms. The largest absolute Gasteiger partial charge is 0.733 e. The number of esters is 1. The molecule has 0 saturated heterocycles. The fraction of sp³-hybridized carbons (Fsp3) is 0.364. The third kappa shape index (κ3) is 1.81. The van der Waals surface area contributed by atoms with E-state index in [2.05, 4.69) is 0 Å². The number of hydrogen-bond acceptors (Lipinski definition) is 8. The van der Waals surface area contributed by atoms with E-state index in [1.807, 2.05) is 0 Å². The van der Waals surface area contributed by atoms with Gasteiger partial charge in [0.1, 0.15) is 12.3 Å². The number of carbonyl (C=O) groups excluding carboxylic acids is 1. The van der Waals surface area contributed by atoms with Gasteiger partial charge in [-0.3, -0.25) is 5.21 Å². The number of methoxy groups -OCH3 is 3. The fourth-order valence-electron chi connectivity index (χ4n) is 2.06. The van der Waals surface area contributed by atoms with Gasteiger partial charge in [0.05, 0.1) is 32.5 Å². The Kier molecular flexibility index (Phi) is 3.36. The molecular formula is C11H12NO7-. The van der Waals surface area contributed by atoms with Crippen LogP contribution in [0.4, 0.5) is 5.69 Å². The normalized spacial score (nSPS) is 12.8. The fourth-order valence-corrected chi connectivity index (χ4v) is 2.06. The van der Waals surface area contributed by atoms with E-state index < -0.39 is 11.2 Å². The maximum atomic E-state index is 11.7. The molecule has 0 atom stereocenters. The number of fused-ring (bicyclic) bond motifs is 1. The minimum absolute atomic E-state index is 0.0709. The Labute approximate surface area is 108 Å². The summed E-state index contributed by atoms with van der Waals surface area (Å²) >= 11 is 0. The minimum Gasteiger partial charge on any atom is -0.733 e. The van der Waals surface area contributed by atoms with Crippen LogP contribution in [0.25, 0.3) is 0 Å². The SMILES string of the molecule is COc1c2c(c(N([O-])O)c(OC)c1OC)C(=O)OC2. The van der Waals surface area contributed by atoms with E-state index in [9.17, 15) is 15.2 Å². The van der Waals surface area contributed by atoms with Crippen molar-refractivity contribution in [3.8, 4) is 17.2 Å². The summed E-state index contributed by atoms with van der Waals surface area (Å²) < 4.78 is 20.2. The van der Waals surface area contributed by atoms with E-state index in [0.29, 0.717) is 5.56 Å². The van der Waals surface area contributed by atoms with E-state index in [1.165, 1.54) is 21.3 Å². The molecule has 8 heteroatoms. The van der Waals surface area contributed by atoms with Gasteiger partial charge in [-0.2, -0.15) is 0 Å². The van der Waals surface area contributed by atoms with E-state index in [-0.39, 0.29) is 35.1 Å². The summed E-state index contributed by atoms with van der Waals surface area (Å²) in [6, 6.07) is 0. The molecule has 104 valence electrons. The average molecular weight is 270 g/mol. The molecule has 19 heavy (non-hydrogen) atoms. The first-order chi connectivity index (χ1) is 9.06. The van der Waals surface area contributed by atoms with Gasteiger partial charge in [-0.05, 0) is 0 Å². The zero-order valence-corrected chi connectivity index (χ0v) is 10.6. The predicted molar refractivity (Wildman–Crippen MR) is 62.9 cm³/mol. The van der Waals surface area contributed by atoms with Gasteiger partial charge in [-0.25, -0.2) is 4.79 Å². The second-order valence-corrected chi connectivity index (χ2v) is 3.65. The van der Waals surface area contributed by atoms with Crippen molar-refractivity contribution in [2.45, 2.75) is 6.61 Å². The molecule has 1 aliphatic rings. The van der Waals surface area contributed by atoms with Crippen molar-refractivity contribution in [2.75, 3.05) is 26.6 Å². The van der Waals surface area contributed by atoms with Gasteiger partial charge in [0, 0.05) is 0 Å². The Bertz CT molecular complexity index is 527. The van der Waals surface area contributed by atoms with Crippen LogP contribution < -0.4 is 19.4 Å². The monoisotopic (exact) mass is 270 g/mol. The van der Waals surface area contributed by atoms with Crippen LogP contribution in [-0.2, 0) is 11.3 Å². The number of hydrogen-bond donors (Lipinski definition) is 1. The predicted octanol–water partition coefficient (Wildman–Crippen LogP) is 1.08. The zero-order valence-electron chi connectivity index (χ0n) is 10.6. The van der Waals surface area contributed by atoms with Crippen molar-refractivity contribution in [1.82, 2.24) is 0 Å². The molecular weight excluding hydrogens is 258 g/mol. The third-order valence-electron chi connectivity index (χ3n) is 2.80. The number of anilines is 1. The van der Waals surface area contributed by atoms with Crippen LogP contribution in [0, 0.1) is 5.21 Å². The first-order valence-electron chi connectivity index (χ1n) is 5.24. The van der Waals surface area contributed by atoms with Crippen LogP contribution in [0.5, 0.6) is 17.2 Å². The van der Waals surface area contributed by atoms with Crippen molar-refractivity contribution in [3.63, 3.8) is 0 Å². The highest BCUT2D eigenvalue weighted by Crippen LogP contribution is 2.51. The molecule has 0 aliphatic carbocycles. The maximum Gasteiger partial charge on any atom is 0.341 e. The van der Waals surface area contributed by atoms with Gasteiger partial charge in [-0.1, -0.05) is 0 Å². The lowest BCUT2D eigenvalue weighted by atomic mass is 10.0. The molecule has 1 N–H and O–H groups in total. The smallest absolute Gasteiger partial charge is 0.341 e. The number of cyclic esters (lactones) is 1. The molecule has 0 fully saturated rings. The first kappa shape index (κ1) is 13.2. The molecule has 0 spiro atoms. The summed E-state index contributed by atoms with van der Waals surface area (Å²) in [5, 5.41) is 20.0. The van der Waals surface area contributed by atoms with Crippen LogP contribution in [0.1, 0.15) is 15.9 Å². The van der Waals surface area contributed by atoms with Gasteiger partial charge >= 0.3 is 5.97 Å². The Morgan fingerprint density at radius 2 is 1.74 bits per heavy atom. The van der Waals surface area contributed by atoms with Gasteiger partial charge in [0.2, 0.25) is 5.75 Å². The lowest BCUT2D eigenvalue weighted by Gasteiger charge is -2.27. The lowest BCUT2D eigenvalue weighted by molar-refractivity contribution is 0.0533. The van der Waals surface area contributed by atoms with Crippen LogP contribution >= 0.6 is 0 Å². The summed E-state index contributed by atoms with van der Waals surface area (Å²) in [6.07, 6.45) is 0. The molecule has 0 aromatic heterocycles. The molecule has 0 saturated carbocycles.